The average Bonchev–Trinajstić information content (AvgIpc) is 2.43. The van der Waals surface area contributed by atoms with Gasteiger partial charge in [0.25, 0.3) is 0 Å². The first-order chi connectivity index (χ1) is 10.1. The van der Waals surface area contributed by atoms with E-state index in [0.29, 0.717) is 5.41 Å². The molecule has 120 valence electrons. The van der Waals surface area contributed by atoms with Crippen molar-refractivity contribution in [2.75, 3.05) is 6.54 Å². The second-order valence-corrected chi connectivity index (χ2v) is 9.55. The highest BCUT2D eigenvalue weighted by molar-refractivity contribution is 5.05. The van der Waals surface area contributed by atoms with Gasteiger partial charge in [0, 0.05) is 6.04 Å². The summed E-state index contributed by atoms with van der Waals surface area (Å²) in [6.45, 7) is 6.28. The maximum absolute atomic E-state index is 4.03. The summed E-state index contributed by atoms with van der Waals surface area (Å²) in [5, 5.41) is 4.03. The lowest BCUT2D eigenvalue weighted by atomic mass is 9.48. The molecule has 0 spiro atoms. The molecular formula is C20H35N. The third-order valence-corrected chi connectivity index (χ3v) is 7.76. The topological polar surface area (TPSA) is 12.0 Å². The van der Waals surface area contributed by atoms with Gasteiger partial charge in [-0.2, -0.15) is 0 Å². The van der Waals surface area contributed by atoms with E-state index in [1.807, 2.05) is 0 Å². The van der Waals surface area contributed by atoms with Crippen molar-refractivity contribution < 1.29 is 0 Å². The van der Waals surface area contributed by atoms with Crippen LogP contribution in [-0.2, 0) is 0 Å². The summed E-state index contributed by atoms with van der Waals surface area (Å²) < 4.78 is 0. The smallest absolute Gasteiger partial charge is 0.00956 e. The number of hydrogen-bond acceptors (Lipinski definition) is 1. The monoisotopic (exact) mass is 289 g/mol. The molecule has 5 aliphatic rings. The van der Waals surface area contributed by atoms with Gasteiger partial charge in [0.2, 0.25) is 0 Å². The second-order valence-electron chi connectivity index (χ2n) is 9.55. The summed E-state index contributed by atoms with van der Waals surface area (Å²) in [5.41, 5.74) is 0.690. The van der Waals surface area contributed by atoms with Gasteiger partial charge in [0.05, 0.1) is 0 Å². The van der Waals surface area contributed by atoms with Crippen molar-refractivity contribution in [1.29, 1.82) is 0 Å². The highest BCUT2D eigenvalue weighted by atomic mass is 14.9. The molecule has 0 heterocycles. The molecule has 1 nitrogen and oxygen atoms in total. The highest BCUT2D eigenvalue weighted by Gasteiger charge is 2.52. The molecule has 1 heteroatoms. The van der Waals surface area contributed by atoms with Crippen LogP contribution in [-0.4, -0.2) is 12.6 Å². The Hall–Kier alpha value is -0.0400. The Bertz CT molecular complexity index is 339. The lowest BCUT2D eigenvalue weighted by molar-refractivity contribution is -0.0710. The third-order valence-electron chi connectivity index (χ3n) is 7.76. The molecule has 0 saturated heterocycles. The maximum Gasteiger partial charge on any atom is 0.00956 e. The summed E-state index contributed by atoms with van der Waals surface area (Å²) in [7, 11) is 0. The molecule has 0 aliphatic heterocycles. The zero-order chi connectivity index (χ0) is 14.4. The van der Waals surface area contributed by atoms with Crippen LogP contribution in [0.15, 0.2) is 0 Å². The van der Waals surface area contributed by atoms with Gasteiger partial charge in [-0.05, 0) is 99.8 Å². The molecule has 0 radical (unpaired) electrons. The molecule has 5 aliphatic carbocycles. The summed E-state index contributed by atoms with van der Waals surface area (Å²) in [6, 6.07) is 0.767. The van der Waals surface area contributed by atoms with Gasteiger partial charge >= 0.3 is 0 Å². The summed E-state index contributed by atoms with van der Waals surface area (Å²) in [6.07, 6.45) is 15.3. The van der Waals surface area contributed by atoms with Gasteiger partial charge in [0.15, 0.2) is 0 Å². The Morgan fingerprint density at radius 1 is 0.952 bits per heavy atom. The van der Waals surface area contributed by atoms with Crippen LogP contribution in [0.2, 0.25) is 0 Å². The Morgan fingerprint density at radius 2 is 1.57 bits per heavy atom. The predicted octanol–water partition coefficient (Wildman–Crippen LogP) is 5.01. The molecule has 1 N–H and O–H groups in total. The van der Waals surface area contributed by atoms with Crippen LogP contribution in [0.4, 0.5) is 0 Å². The van der Waals surface area contributed by atoms with E-state index in [2.05, 4.69) is 19.2 Å². The molecule has 21 heavy (non-hydrogen) atoms. The summed E-state index contributed by atoms with van der Waals surface area (Å²) >= 11 is 0. The molecule has 0 aromatic rings. The van der Waals surface area contributed by atoms with E-state index in [0.717, 1.165) is 35.6 Å². The van der Waals surface area contributed by atoms with E-state index in [1.165, 1.54) is 32.2 Å². The summed E-state index contributed by atoms with van der Waals surface area (Å²) in [5.74, 6) is 5.21. The molecule has 5 rings (SSSR count). The van der Waals surface area contributed by atoms with Crippen molar-refractivity contribution in [3.8, 4) is 0 Å². The Morgan fingerprint density at radius 3 is 2.14 bits per heavy atom. The van der Waals surface area contributed by atoms with Crippen LogP contribution < -0.4 is 5.32 Å². The van der Waals surface area contributed by atoms with Crippen LogP contribution in [0.1, 0.15) is 78.1 Å². The molecule has 0 aromatic heterocycles. The van der Waals surface area contributed by atoms with Crippen LogP contribution >= 0.6 is 0 Å². The number of hydrogen-bond donors (Lipinski definition) is 1. The van der Waals surface area contributed by atoms with E-state index in [9.17, 15) is 0 Å². The second kappa shape index (κ2) is 5.55. The fourth-order valence-electron chi connectivity index (χ4n) is 7.01. The molecule has 5 saturated carbocycles. The van der Waals surface area contributed by atoms with Crippen molar-refractivity contribution in [2.24, 2.45) is 35.0 Å². The normalized spacial score (nSPS) is 50.3. The van der Waals surface area contributed by atoms with Crippen LogP contribution in [0, 0.1) is 35.0 Å². The molecule has 3 atom stereocenters. The lowest BCUT2D eigenvalue weighted by Crippen LogP contribution is -2.55. The largest absolute Gasteiger partial charge is 0.313 e. The zero-order valence-electron chi connectivity index (χ0n) is 14.2. The lowest BCUT2D eigenvalue weighted by Gasteiger charge is -2.59. The Labute approximate surface area is 131 Å². The van der Waals surface area contributed by atoms with Crippen molar-refractivity contribution in [2.45, 2.75) is 84.1 Å². The minimum Gasteiger partial charge on any atom is -0.313 e. The van der Waals surface area contributed by atoms with Crippen molar-refractivity contribution in [3.05, 3.63) is 0 Å². The van der Waals surface area contributed by atoms with Gasteiger partial charge in [-0.25, -0.2) is 0 Å². The fraction of sp³-hybridized carbons (Fsp3) is 1.00. The van der Waals surface area contributed by atoms with E-state index < -0.39 is 0 Å². The standard InChI is InChI=1S/C20H35N/c1-14-4-3-5-16(6-14)13-21-15(2)20-10-17-7-18(11-20)9-19(8-17)12-20/h14-19,21H,3-13H2,1-2H3. The van der Waals surface area contributed by atoms with E-state index >= 15 is 0 Å². The Balaban J connectivity index is 1.35. The van der Waals surface area contributed by atoms with Gasteiger partial charge in [-0.1, -0.05) is 19.8 Å². The minimum absolute atomic E-state index is 0.690. The molecule has 3 unspecified atom stereocenters. The first-order valence-corrected chi connectivity index (χ1v) is 9.86. The van der Waals surface area contributed by atoms with E-state index in [-0.39, 0.29) is 0 Å². The number of nitrogens with one attached hydrogen (secondary N) is 1. The van der Waals surface area contributed by atoms with Crippen molar-refractivity contribution in [3.63, 3.8) is 0 Å². The number of rotatable bonds is 4. The highest BCUT2D eigenvalue weighted by Crippen LogP contribution is 2.61. The van der Waals surface area contributed by atoms with Crippen molar-refractivity contribution in [1.82, 2.24) is 5.32 Å². The van der Waals surface area contributed by atoms with Crippen LogP contribution in [0.3, 0.4) is 0 Å². The molecule has 0 amide bonds. The molecule has 0 aromatic carbocycles. The minimum atomic E-state index is 0.690. The van der Waals surface area contributed by atoms with Gasteiger partial charge in [-0.15, -0.1) is 0 Å². The van der Waals surface area contributed by atoms with Gasteiger partial charge in [0.1, 0.15) is 0 Å². The Kier molecular flexibility index (Phi) is 3.84. The quantitative estimate of drug-likeness (QED) is 0.767. The zero-order valence-corrected chi connectivity index (χ0v) is 14.2. The molecular weight excluding hydrogens is 254 g/mol. The molecule has 5 fully saturated rings. The van der Waals surface area contributed by atoms with Crippen molar-refractivity contribution >= 4 is 0 Å². The SMILES string of the molecule is CC1CCCC(CNC(C)C23CC4CC(CC(C4)C2)C3)C1. The van der Waals surface area contributed by atoms with E-state index in [4.69, 9.17) is 0 Å². The van der Waals surface area contributed by atoms with Crippen LogP contribution in [0.5, 0.6) is 0 Å². The summed E-state index contributed by atoms with van der Waals surface area (Å²) in [4.78, 5) is 0. The van der Waals surface area contributed by atoms with Crippen LogP contribution in [0.25, 0.3) is 0 Å². The third kappa shape index (κ3) is 2.80. The maximum atomic E-state index is 4.03. The predicted molar refractivity (Wildman–Crippen MR) is 89.2 cm³/mol. The van der Waals surface area contributed by atoms with Gasteiger partial charge in [-0.3, -0.25) is 0 Å². The average molecular weight is 290 g/mol. The van der Waals surface area contributed by atoms with Gasteiger partial charge < -0.3 is 5.32 Å². The first kappa shape index (κ1) is 14.5. The fourth-order valence-corrected chi connectivity index (χ4v) is 7.01. The first-order valence-electron chi connectivity index (χ1n) is 9.86. The van der Waals surface area contributed by atoms with E-state index in [1.54, 1.807) is 38.5 Å². The molecule has 4 bridgehead atoms.